The molecule has 14 heavy (non-hydrogen) atoms. The second-order valence-electron chi connectivity index (χ2n) is 3.83. The van der Waals surface area contributed by atoms with Gasteiger partial charge >= 0.3 is 0 Å². The van der Waals surface area contributed by atoms with Gasteiger partial charge in [0.05, 0.1) is 11.6 Å². The molecule has 0 saturated carbocycles. The average molecular weight is 199 g/mol. The highest BCUT2D eigenvalue weighted by molar-refractivity contribution is 5.36. The van der Waals surface area contributed by atoms with Crippen molar-refractivity contribution in [1.29, 1.82) is 0 Å². The summed E-state index contributed by atoms with van der Waals surface area (Å²) in [6, 6.07) is 2.66. The number of aromatic hydroxyl groups is 1. The molecule has 0 aliphatic carbocycles. The Balaban J connectivity index is 3.12. The molecule has 78 valence electrons. The summed E-state index contributed by atoms with van der Waals surface area (Å²) >= 11 is 0. The molecule has 3 nitrogen and oxygen atoms in total. The van der Waals surface area contributed by atoms with Gasteiger partial charge in [0.25, 0.3) is 0 Å². The van der Waals surface area contributed by atoms with Crippen LogP contribution < -0.4 is 5.73 Å². The maximum absolute atomic E-state index is 12.8. The monoisotopic (exact) mass is 199 g/mol. The third kappa shape index (κ3) is 2.21. The SMILES string of the molecule is CC(C)(O)C(N)c1cc(F)ccc1O. The smallest absolute Gasteiger partial charge is 0.123 e. The quantitative estimate of drug-likeness (QED) is 0.672. The van der Waals surface area contributed by atoms with Gasteiger partial charge in [0, 0.05) is 5.56 Å². The van der Waals surface area contributed by atoms with Gasteiger partial charge in [-0.25, -0.2) is 4.39 Å². The predicted molar refractivity (Wildman–Crippen MR) is 51.3 cm³/mol. The molecule has 1 unspecified atom stereocenters. The van der Waals surface area contributed by atoms with Crippen LogP contribution in [0.4, 0.5) is 4.39 Å². The number of phenols is 1. The summed E-state index contributed by atoms with van der Waals surface area (Å²) in [5, 5.41) is 19.0. The predicted octanol–water partition coefficient (Wildman–Crippen LogP) is 1.30. The van der Waals surface area contributed by atoms with Gasteiger partial charge in [0.1, 0.15) is 11.6 Å². The molecular weight excluding hydrogens is 185 g/mol. The maximum atomic E-state index is 12.8. The lowest BCUT2D eigenvalue weighted by Gasteiger charge is -2.26. The van der Waals surface area contributed by atoms with Gasteiger partial charge in [-0.2, -0.15) is 0 Å². The number of rotatable bonds is 2. The van der Waals surface area contributed by atoms with Gasteiger partial charge in [-0.3, -0.25) is 0 Å². The molecule has 0 fully saturated rings. The van der Waals surface area contributed by atoms with Crippen LogP contribution in [0.3, 0.4) is 0 Å². The zero-order valence-corrected chi connectivity index (χ0v) is 8.16. The standard InChI is InChI=1S/C10H14FNO2/c1-10(2,14)9(12)7-5-6(11)3-4-8(7)13/h3-5,9,13-14H,12H2,1-2H3. The Labute approximate surface area is 82.0 Å². The first-order valence-corrected chi connectivity index (χ1v) is 4.28. The van der Waals surface area contributed by atoms with Gasteiger partial charge in [0.15, 0.2) is 0 Å². The highest BCUT2D eigenvalue weighted by Crippen LogP contribution is 2.30. The molecule has 0 radical (unpaired) electrons. The van der Waals surface area contributed by atoms with Crippen LogP contribution in [0, 0.1) is 5.82 Å². The number of halogens is 1. The summed E-state index contributed by atoms with van der Waals surface area (Å²) in [5.74, 6) is -0.599. The van der Waals surface area contributed by atoms with Crippen LogP contribution in [-0.2, 0) is 0 Å². The van der Waals surface area contributed by atoms with Crippen molar-refractivity contribution in [3.8, 4) is 5.75 Å². The van der Waals surface area contributed by atoms with E-state index < -0.39 is 17.5 Å². The lowest BCUT2D eigenvalue weighted by Crippen LogP contribution is -2.35. The van der Waals surface area contributed by atoms with Crippen LogP contribution in [0.15, 0.2) is 18.2 Å². The van der Waals surface area contributed by atoms with E-state index >= 15 is 0 Å². The van der Waals surface area contributed by atoms with Crippen LogP contribution in [0.5, 0.6) is 5.75 Å². The first kappa shape index (κ1) is 10.9. The Morgan fingerprint density at radius 3 is 2.50 bits per heavy atom. The van der Waals surface area contributed by atoms with Crippen LogP contribution in [-0.4, -0.2) is 15.8 Å². The van der Waals surface area contributed by atoms with Crippen molar-refractivity contribution in [2.45, 2.75) is 25.5 Å². The van der Waals surface area contributed by atoms with E-state index in [4.69, 9.17) is 5.73 Å². The fraction of sp³-hybridized carbons (Fsp3) is 0.400. The fourth-order valence-electron chi connectivity index (χ4n) is 1.16. The number of aliphatic hydroxyl groups is 1. The zero-order chi connectivity index (χ0) is 10.9. The number of nitrogens with two attached hydrogens (primary N) is 1. The van der Waals surface area contributed by atoms with Gasteiger partial charge in [-0.15, -0.1) is 0 Å². The zero-order valence-electron chi connectivity index (χ0n) is 8.16. The van der Waals surface area contributed by atoms with E-state index in [0.29, 0.717) is 0 Å². The molecule has 1 atom stereocenters. The van der Waals surface area contributed by atoms with Crippen LogP contribution in [0.2, 0.25) is 0 Å². The summed E-state index contributed by atoms with van der Waals surface area (Å²) in [4.78, 5) is 0. The maximum Gasteiger partial charge on any atom is 0.123 e. The largest absolute Gasteiger partial charge is 0.508 e. The lowest BCUT2D eigenvalue weighted by atomic mass is 9.92. The molecule has 0 spiro atoms. The van der Waals surface area contributed by atoms with E-state index in [1.165, 1.54) is 19.9 Å². The summed E-state index contributed by atoms with van der Waals surface area (Å²) in [5.41, 5.74) is 4.67. The second-order valence-corrected chi connectivity index (χ2v) is 3.83. The van der Waals surface area contributed by atoms with Gasteiger partial charge in [-0.1, -0.05) is 0 Å². The highest BCUT2D eigenvalue weighted by Gasteiger charge is 2.26. The molecule has 0 bridgehead atoms. The van der Waals surface area contributed by atoms with E-state index in [-0.39, 0.29) is 11.3 Å². The fourth-order valence-corrected chi connectivity index (χ4v) is 1.16. The Kier molecular flexibility index (Phi) is 2.78. The highest BCUT2D eigenvalue weighted by atomic mass is 19.1. The van der Waals surface area contributed by atoms with Crippen molar-refractivity contribution in [3.05, 3.63) is 29.6 Å². The number of hydrogen-bond donors (Lipinski definition) is 3. The molecule has 0 heterocycles. The van der Waals surface area contributed by atoms with Gasteiger partial charge in [0.2, 0.25) is 0 Å². The van der Waals surface area contributed by atoms with Crippen molar-refractivity contribution >= 4 is 0 Å². The number of phenolic OH excluding ortho intramolecular Hbond substituents is 1. The summed E-state index contributed by atoms with van der Waals surface area (Å²) in [6.07, 6.45) is 0. The molecule has 0 amide bonds. The first-order valence-electron chi connectivity index (χ1n) is 4.28. The Bertz CT molecular complexity index is 333. The van der Waals surface area contributed by atoms with E-state index in [2.05, 4.69) is 0 Å². The minimum Gasteiger partial charge on any atom is -0.508 e. The third-order valence-corrected chi connectivity index (χ3v) is 2.09. The molecule has 1 aromatic carbocycles. The molecule has 4 N–H and O–H groups in total. The third-order valence-electron chi connectivity index (χ3n) is 2.09. The van der Waals surface area contributed by atoms with Crippen LogP contribution in [0.25, 0.3) is 0 Å². The van der Waals surface area contributed by atoms with Crippen LogP contribution in [0.1, 0.15) is 25.5 Å². The summed E-state index contributed by atoms with van der Waals surface area (Å²) in [6.45, 7) is 3.00. The Morgan fingerprint density at radius 1 is 1.43 bits per heavy atom. The second kappa shape index (κ2) is 3.55. The molecule has 1 aromatic rings. The van der Waals surface area contributed by atoms with Gasteiger partial charge in [-0.05, 0) is 32.0 Å². The average Bonchev–Trinajstić information content (AvgIpc) is 2.06. The summed E-state index contributed by atoms with van der Waals surface area (Å²) in [7, 11) is 0. The van der Waals surface area contributed by atoms with Gasteiger partial charge < -0.3 is 15.9 Å². The van der Waals surface area contributed by atoms with Crippen molar-refractivity contribution in [1.82, 2.24) is 0 Å². The topological polar surface area (TPSA) is 66.5 Å². The van der Waals surface area contributed by atoms with Crippen LogP contribution >= 0.6 is 0 Å². The van der Waals surface area contributed by atoms with E-state index in [1.807, 2.05) is 0 Å². The van der Waals surface area contributed by atoms with Crippen molar-refractivity contribution in [2.24, 2.45) is 5.73 Å². The molecule has 0 aliphatic rings. The van der Waals surface area contributed by atoms with E-state index in [9.17, 15) is 14.6 Å². The van der Waals surface area contributed by atoms with E-state index in [0.717, 1.165) is 12.1 Å². The van der Waals surface area contributed by atoms with Crippen molar-refractivity contribution < 1.29 is 14.6 Å². The minimum absolute atomic E-state index is 0.110. The molecule has 0 aromatic heterocycles. The minimum atomic E-state index is -1.20. The van der Waals surface area contributed by atoms with Crippen molar-refractivity contribution in [3.63, 3.8) is 0 Å². The molecule has 0 aliphatic heterocycles. The lowest BCUT2D eigenvalue weighted by molar-refractivity contribution is 0.0508. The molecular formula is C10H14FNO2. The summed E-state index contributed by atoms with van der Waals surface area (Å²) < 4.78 is 12.8. The Morgan fingerprint density at radius 2 is 2.00 bits per heavy atom. The first-order chi connectivity index (χ1) is 6.32. The van der Waals surface area contributed by atoms with Crippen molar-refractivity contribution in [2.75, 3.05) is 0 Å². The molecule has 0 saturated heterocycles. The normalized spacial score (nSPS) is 14.1. The number of hydrogen-bond acceptors (Lipinski definition) is 3. The number of benzene rings is 1. The van der Waals surface area contributed by atoms with E-state index in [1.54, 1.807) is 0 Å². The molecule has 1 rings (SSSR count). The Hall–Kier alpha value is -1.13. The molecule has 4 heteroatoms.